The second-order valence-electron chi connectivity index (χ2n) is 8.26. The maximum absolute atomic E-state index is 13.7. The van der Waals surface area contributed by atoms with E-state index in [-0.39, 0.29) is 17.6 Å². The highest BCUT2D eigenvalue weighted by Crippen LogP contribution is 2.34. The smallest absolute Gasteiger partial charge is 0.256 e. The zero-order valence-electron chi connectivity index (χ0n) is 18.3. The second kappa shape index (κ2) is 8.39. The number of para-hydroxylation sites is 1. The van der Waals surface area contributed by atoms with Crippen molar-refractivity contribution in [2.75, 3.05) is 7.05 Å². The van der Waals surface area contributed by atoms with Crippen LogP contribution in [0.5, 0.6) is 5.75 Å². The van der Waals surface area contributed by atoms with E-state index in [2.05, 4.69) is 53.5 Å². The van der Waals surface area contributed by atoms with Gasteiger partial charge in [0, 0.05) is 37.2 Å². The van der Waals surface area contributed by atoms with E-state index >= 15 is 0 Å². The first-order valence-corrected chi connectivity index (χ1v) is 11.4. The highest BCUT2D eigenvalue weighted by atomic mass is 79.9. The molecule has 160 valence electrons. The molecule has 0 saturated heterocycles. The SMILES string of the molecule is CCC(C)c1c(C(=O)N(C)Cc2ccc3c(Br)c(O)ccc3c2)c2ccccc2n1C. The molecule has 1 unspecified atom stereocenters. The summed E-state index contributed by atoms with van der Waals surface area (Å²) in [5.74, 6) is 0.551. The van der Waals surface area contributed by atoms with Crippen molar-refractivity contribution in [1.29, 1.82) is 0 Å². The van der Waals surface area contributed by atoms with Gasteiger partial charge in [-0.1, -0.05) is 50.2 Å². The summed E-state index contributed by atoms with van der Waals surface area (Å²) in [6, 6.07) is 17.8. The maximum Gasteiger partial charge on any atom is 0.256 e. The lowest BCUT2D eigenvalue weighted by atomic mass is 9.98. The molecular weight excluding hydrogens is 452 g/mol. The summed E-state index contributed by atoms with van der Waals surface area (Å²) in [5, 5.41) is 12.9. The summed E-state index contributed by atoms with van der Waals surface area (Å²) in [4.78, 5) is 15.4. The zero-order chi connectivity index (χ0) is 22.3. The first-order chi connectivity index (χ1) is 14.8. The largest absolute Gasteiger partial charge is 0.507 e. The molecule has 0 aliphatic carbocycles. The number of amides is 1. The number of phenolic OH excluding ortho intramolecular Hbond substituents is 1. The summed E-state index contributed by atoms with van der Waals surface area (Å²) in [7, 11) is 3.92. The average Bonchev–Trinajstić information content (AvgIpc) is 3.08. The molecule has 31 heavy (non-hydrogen) atoms. The van der Waals surface area contributed by atoms with Crippen LogP contribution >= 0.6 is 15.9 Å². The van der Waals surface area contributed by atoms with Crippen LogP contribution in [0, 0.1) is 0 Å². The van der Waals surface area contributed by atoms with E-state index in [1.54, 1.807) is 11.0 Å². The first-order valence-electron chi connectivity index (χ1n) is 10.6. The lowest BCUT2D eigenvalue weighted by molar-refractivity contribution is 0.0785. The summed E-state index contributed by atoms with van der Waals surface area (Å²) in [6.07, 6.45) is 0.973. The molecule has 4 aromatic rings. The van der Waals surface area contributed by atoms with E-state index in [9.17, 15) is 9.90 Å². The minimum Gasteiger partial charge on any atom is -0.507 e. The van der Waals surface area contributed by atoms with Crippen LogP contribution in [-0.2, 0) is 13.6 Å². The van der Waals surface area contributed by atoms with Crippen molar-refractivity contribution >= 4 is 43.5 Å². The summed E-state index contributed by atoms with van der Waals surface area (Å²) < 4.78 is 2.86. The lowest BCUT2D eigenvalue weighted by Gasteiger charge is -2.20. The molecule has 4 rings (SSSR count). The Morgan fingerprint density at radius 3 is 2.61 bits per heavy atom. The van der Waals surface area contributed by atoms with E-state index in [4.69, 9.17) is 0 Å². The van der Waals surface area contributed by atoms with Gasteiger partial charge in [-0.15, -0.1) is 0 Å². The number of benzene rings is 3. The predicted molar refractivity (Wildman–Crippen MR) is 131 cm³/mol. The molecule has 1 atom stereocenters. The molecule has 1 amide bonds. The molecule has 0 aliphatic rings. The monoisotopic (exact) mass is 478 g/mol. The number of carbonyl (C=O) groups is 1. The van der Waals surface area contributed by atoms with Crippen LogP contribution in [0.25, 0.3) is 21.7 Å². The predicted octanol–water partition coefficient (Wildman–Crippen LogP) is 6.59. The van der Waals surface area contributed by atoms with Crippen molar-refractivity contribution in [3.8, 4) is 5.75 Å². The minimum atomic E-state index is 0.0408. The number of hydrogen-bond acceptors (Lipinski definition) is 2. The number of aromatic hydroxyl groups is 1. The quantitative estimate of drug-likeness (QED) is 0.351. The van der Waals surface area contributed by atoms with Gasteiger partial charge in [-0.3, -0.25) is 4.79 Å². The van der Waals surface area contributed by atoms with E-state index in [0.717, 1.165) is 44.9 Å². The van der Waals surface area contributed by atoms with Gasteiger partial charge >= 0.3 is 0 Å². The van der Waals surface area contributed by atoms with Gasteiger partial charge in [0.2, 0.25) is 0 Å². The highest BCUT2D eigenvalue weighted by Gasteiger charge is 2.26. The van der Waals surface area contributed by atoms with E-state index in [1.807, 2.05) is 43.4 Å². The molecule has 4 nitrogen and oxygen atoms in total. The van der Waals surface area contributed by atoms with Gasteiger partial charge in [0.15, 0.2) is 0 Å². The van der Waals surface area contributed by atoms with E-state index in [0.29, 0.717) is 11.0 Å². The fraction of sp³-hybridized carbons (Fsp3) is 0.269. The Morgan fingerprint density at radius 2 is 1.87 bits per heavy atom. The van der Waals surface area contributed by atoms with Crippen LogP contribution in [0.3, 0.4) is 0 Å². The summed E-state index contributed by atoms with van der Waals surface area (Å²) in [5.41, 5.74) is 4.04. The minimum absolute atomic E-state index is 0.0408. The molecule has 3 aromatic carbocycles. The van der Waals surface area contributed by atoms with Gasteiger partial charge < -0.3 is 14.6 Å². The number of aromatic nitrogens is 1. The molecule has 5 heteroatoms. The number of rotatable bonds is 5. The fourth-order valence-corrected chi connectivity index (χ4v) is 4.87. The molecule has 0 radical (unpaired) electrons. The van der Waals surface area contributed by atoms with Crippen molar-refractivity contribution in [3.05, 3.63) is 75.9 Å². The van der Waals surface area contributed by atoms with Crippen molar-refractivity contribution in [2.24, 2.45) is 7.05 Å². The van der Waals surface area contributed by atoms with Gasteiger partial charge in [0.25, 0.3) is 5.91 Å². The van der Waals surface area contributed by atoms with Gasteiger partial charge in [0.1, 0.15) is 5.75 Å². The van der Waals surface area contributed by atoms with Crippen molar-refractivity contribution < 1.29 is 9.90 Å². The Hall–Kier alpha value is -2.79. The molecule has 0 bridgehead atoms. The Labute approximate surface area is 191 Å². The van der Waals surface area contributed by atoms with Gasteiger partial charge in [-0.25, -0.2) is 0 Å². The van der Waals surface area contributed by atoms with E-state index in [1.165, 1.54) is 0 Å². The summed E-state index contributed by atoms with van der Waals surface area (Å²) >= 11 is 3.45. The molecule has 1 heterocycles. The molecule has 0 aliphatic heterocycles. The van der Waals surface area contributed by atoms with Gasteiger partial charge in [0.05, 0.1) is 10.0 Å². The molecular formula is C26H27BrN2O2. The first kappa shape index (κ1) is 21.4. The van der Waals surface area contributed by atoms with Gasteiger partial charge in [-0.2, -0.15) is 0 Å². The van der Waals surface area contributed by atoms with Crippen molar-refractivity contribution in [2.45, 2.75) is 32.7 Å². The topological polar surface area (TPSA) is 45.5 Å². The Balaban J connectivity index is 1.71. The van der Waals surface area contributed by atoms with E-state index < -0.39 is 0 Å². The number of carbonyl (C=O) groups excluding carboxylic acids is 1. The number of hydrogen-bond donors (Lipinski definition) is 1. The third-order valence-electron chi connectivity index (χ3n) is 6.21. The molecule has 0 saturated carbocycles. The Kier molecular flexibility index (Phi) is 5.80. The number of aryl methyl sites for hydroxylation is 1. The molecule has 0 fully saturated rings. The van der Waals surface area contributed by atoms with Crippen molar-refractivity contribution in [3.63, 3.8) is 0 Å². The average molecular weight is 479 g/mol. The van der Waals surface area contributed by atoms with Crippen LogP contribution in [0.1, 0.15) is 47.8 Å². The third-order valence-corrected chi connectivity index (χ3v) is 7.04. The molecule has 0 spiro atoms. The van der Waals surface area contributed by atoms with Crippen molar-refractivity contribution in [1.82, 2.24) is 9.47 Å². The van der Waals surface area contributed by atoms with Gasteiger partial charge in [-0.05, 0) is 62.8 Å². The second-order valence-corrected chi connectivity index (χ2v) is 9.05. The lowest BCUT2D eigenvalue weighted by Crippen LogP contribution is -2.27. The summed E-state index contributed by atoms with van der Waals surface area (Å²) in [6.45, 7) is 4.85. The normalized spacial score (nSPS) is 12.4. The number of fused-ring (bicyclic) bond motifs is 2. The number of halogens is 1. The number of phenols is 1. The number of nitrogens with zero attached hydrogens (tertiary/aromatic N) is 2. The Bertz CT molecular complexity index is 1290. The maximum atomic E-state index is 13.7. The standard InChI is InChI=1S/C26H27BrN2O2/c1-5-16(2)25-23(20-8-6-7-9-21(20)29(25)4)26(31)28(3)15-17-10-12-19-18(14-17)11-13-22(30)24(19)27/h6-14,16,30H,5,15H2,1-4H3. The Morgan fingerprint density at radius 1 is 1.13 bits per heavy atom. The molecule has 1 aromatic heterocycles. The zero-order valence-corrected chi connectivity index (χ0v) is 19.9. The van der Waals surface area contributed by atoms with Crippen LogP contribution in [-0.4, -0.2) is 27.5 Å². The van der Waals surface area contributed by atoms with Crippen LogP contribution < -0.4 is 0 Å². The van der Waals surface area contributed by atoms with Crippen LogP contribution in [0.4, 0.5) is 0 Å². The third kappa shape index (κ3) is 3.72. The van der Waals surface area contributed by atoms with Crippen LogP contribution in [0.2, 0.25) is 0 Å². The molecule has 1 N–H and O–H groups in total. The fourth-order valence-electron chi connectivity index (χ4n) is 4.37. The highest BCUT2D eigenvalue weighted by molar-refractivity contribution is 9.10. The van der Waals surface area contributed by atoms with Crippen LogP contribution in [0.15, 0.2) is 59.1 Å².